The molecule has 0 saturated carbocycles. The average molecular weight is 278 g/mol. The van der Waals surface area contributed by atoms with Gasteiger partial charge in [-0.25, -0.2) is 5.84 Å². The number of hydrogen-bond acceptors (Lipinski definition) is 4. The third-order valence-corrected chi connectivity index (χ3v) is 2.81. The Balaban J connectivity index is 3.03. The fraction of sp³-hybridized carbons (Fsp3) is 0.400. The minimum Gasteiger partial charge on any atom is -0.493 e. The molecule has 1 aromatic rings. The monoisotopic (exact) mass is 278 g/mol. The number of carbonyl (C=O) groups excluding carboxylic acids is 1. The molecule has 0 fully saturated rings. The molecular formula is C15H22N2O3. The Morgan fingerprint density at radius 1 is 1.35 bits per heavy atom. The predicted octanol–water partition coefficient (Wildman–Crippen LogP) is 2.12. The van der Waals surface area contributed by atoms with Gasteiger partial charge in [0.25, 0.3) is 5.91 Å². The smallest absolute Gasteiger partial charge is 0.275 e. The van der Waals surface area contributed by atoms with Gasteiger partial charge >= 0.3 is 0 Å². The second kappa shape index (κ2) is 7.55. The fourth-order valence-electron chi connectivity index (χ4n) is 1.79. The van der Waals surface area contributed by atoms with Crippen LogP contribution in [0.1, 0.15) is 26.3 Å². The summed E-state index contributed by atoms with van der Waals surface area (Å²) in [5.41, 5.74) is 3.12. The Morgan fingerprint density at radius 3 is 2.55 bits per heavy atom. The third-order valence-electron chi connectivity index (χ3n) is 2.81. The number of amides is 1. The zero-order valence-electron chi connectivity index (χ0n) is 12.3. The minimum atomic E-state index is -0.665. The number of ether oxygens (including phenoxy) is 2. The van der Waals surface area contributed by atoms with E-state index >= 15 is 0 Å². The van der Waals surface area contributed by atoms with E-state index in [2.05, 4.69) is 5.43 Å². The summed E-state index contributed by atoms with van der Waals surface area (Å²) in [5, 5.41) is 0. The van der Waals surface area contributed by atoms with Crippen molar-refractivity contribution in [3.8, 4) is 11.5 Å². The highest BCUT2D eigenvalue weighted by Crippen LogP contribution is 2.30. The summed E-state index contributed by atoms with van der Waals surface area (Å²) in [6.45, 7) is 5.72. The van der Waals surface area contributed by atoms with Crippen molar-refractivity contribution in [2.24, 2.45) is 11.8 Å². The van der Waals surface area contributed by atoms with Crippen molar-refractivity contribution in [2.75, 3.05) is 7.11 Å². The molecule has 1 aromatic carbocycles. The first-order chi connectivity index (χ1) is 9.53. The molecule has 5 heteroatoms. The first kappa shape index (κ1) is 16.0. The number of methoxy groups -OCH3 is 1. The second-order valence-corrected chi connectivity index (χ2v) is 4.70. The van der Waals surface area contributed by atoms with E-state index in [4.69, 9.17) is 15.3 Å². The van der Waals surface area contributed by atoms with Gasteiger partial charge in [-0.2, -0.15) is 0 Å². The van der Waals surface area contributed by atoms with E-state index < -0.39 is 6.10 Å². The summed E-state index contributed by atoms with van der Waals surface area (Å²) in [6, 6.07) is 5.54. The SMILES string of the molecule is CC=Cc1ccc(OC(C(=O)NN)C(C)C)c(OC)c1. The molecule has 0 spiro atoms. The Bertz CT molecular complexity index is 484. The topological polar surface area (TPSA) is 73.6 Å². The zero-order chi connectivity index (χ0) is 15.1. The molecule has 5 nitrogen and oxygen atoms in total. The van der Waals surface area contributed by atoms with E-state index in [1.807, 2.05) is 45.1 Å². The summed E-state index contributed by atoms with van der Waals surface area (Å²) in [6.07, 6.45) is 3.23. The van der Waals surface area contributed by atoms with Crippen LogP contribution in [-0.4, -0.2) is 19.1 Å². The van der Waals surface area contributed by atoms with Gasteiger partial charge in [0.05, 0.1) is 7.11 Å². The van der Waals surface area contributed by atoms with Gasteiger partial charge in [-0.05, 0) is 30.5 Å². The number of nitrogens with two attached hydrogens (primary N) is 1. The van der Waals surface area contributed by atoms with Crippen molar-refractivity contribution in [1.29, 1.82) is 0 Å². The summed E-state index contributed by atoms with van der Waals surface area (Å²) < 4.78 is 11.0. The van der Waals surface area contributed by atoms with Crippen LogP contribution < -0.4 is 20.7 Å². The van der Waals surface area contributed by atoms with Crippen molar-refractivity contribution >= 4 is 12.0 Å². The average Bonchev–Trinajstić information content (AvgIpc) is 2.44. The van der Waals surface area contributed by atoms with Crippen LogP contribution in [0.3, 0.4) is 0 Å². The molecule has 1 atom stereocenters. The van der Waals surface area contributed by atoms with Gasteiger partial charge in [-0.15, -0.1) is 0 Å². The minimum absolute atomic E-state index is 0.0153. The predicted molar refractivity (Wildman–Crippen MR) is 79.3 cm³/mol. The van der Waals surface area contributed by atoms with E-state index in [0.717, 1.165) is 5.56 Å². The summed E-state index contributed by atoms with van der Waals surface area (Å²) in [5.74, 6) is 5.90. The quantitative estimate of drug-likeness (QED) is 0.475. The Hall–Kier alpha value is -2.01. The molecule has 110 valence electrons. The van der Waals surface area contributed by atoms with Gasteiger partial charge in [0.15, 0.2) is 17.6 Å². The maximum atomic E-state index is 11.7. The van der Waals surface area contributed by atoms with E-state index in [-0.39, 0.29) is 11.8 Å². The van der Waals surface area contributed by atoms with Gasteiger partial charge < -0.3 is 9.47 Å². The molecule has 1 rings (SSSR count). The number of allylic oxidation sites excluding steroid dienone is 1. The molecule has 1 amide bonds. The largest absolute Gasteiger partial charge is 0.493 e. The van der Waals surface area contributed by atoms with E-state index in [9.17, 15) is 4.79 Å². The van der Waals surface area contributed by atoms with Gasteiger partial charge in [0, 0.05) is 0 Å². The molecular weight excluding hydrogens is 256 g/mol. The number of benzene rings is 1. The first-order valence-corrected chi connectivity index (χ1v) is 6.51. The molecule has 3 N–H and O–H groups in total. The van der Waals surface area contributed by atoms with Crippen LogP contribution in [0.15, 0.2) is 24.3 Å². The van der Waals surface area contributed by atoms with Gasteiger partial charge in [-0.3, -0.25) is 10.2 Å². The van der Waals surface area contributed by atoms with Crippen LogP contribution in [0, 0.1) is 5.92 Å². The Kier molecular flexibility index (Phi) is 6.06. The maximum Gasteiger partial charge on any atom is 0.275 e. The number of rotatable bonds is 6. The van der Waals surface area contributed by atoms with Crippen molar-refractivity contribution in [2.45, 2.75) is 26.9 Å². The van der Waals surface area contributed by atoms with Crippen LogP contribution >= 0.6 is 0 Å². The molecule has 20 heavy (non-hydrogen) atoms. The third kappa shape index (κ3) is 3.99. The normalized spacial score (nSPS) is 12.5. The van der Waals surface area contributed by atoms with Gasteiger partial charge in [0.1, 0.15) is 0 Å². The molecule has 0 radical (unpaired) electrons. The number of hydrogen-bond donors (Lipinski definition) is 2. The number of hydrazine groups is 1. The molecule has 0 aromatic heterocycles. The number of carbonyl (C=O) groups is 1. The molecule has 1 unspecified atom stereocenters. The highest BCUT2D eigenvalue weighted by molar-refractivity contribution is 5.80. The lowest BCUT2D eigenvalue weighted by Gasteiger charge is -2.22. The Labute approximate surface area is 119 Å². The van der Waals surface area contributed by atoms with Gasteiger partial charge in [-0.1, -0.05) is 32.1 Å². The first-order valence-electron chi connectivity index (χ1n) is 6.51. The second-order valence-electron chi connectivity index (χ2n) is 4.70. The summed E-state index contributed by atoms with van der Waals surface area (Å²) >= 11 is 0. The fourth-order valence-corrected chi connectivity index (χ4v) is 1.79. The molecule has 0 heterocycles. The van der Waals surface area contributed by atoms with Crippen LogP contribution in [0.4, 0.5) is 0 Å². The maximum absolute atomic E-state index is 11.7. The highest BCUT2D eigenvalue weighted by Gasteiger charge is 2.24. The van der Waals surface area contributed by atoms with E-state index in [0.29, 0.717) is 11.5 Å². The van der Waals surface area contributed by atoms with E-state index in [1.54, 1.807) is 13.2 Å². The molecule has 0 aliphatic carbocycles. The highest BCUT2D eigenvalue weighted by atomic mass is 16.5. The van der Waals surface area contributed by atoms with Crippen LogP contribution in [0.2, 0.25) is 0 Å². The molecule has 0 aliphatic heterocycles. The zero-order valence-corrected chi connectivity index (χ0v) is 12.3. The van der Waals surface area contributed by atoms with Crippen molar-refractivity contribution in [1.82, 2.24) is 5.43 Å². The summed E-state index contributed by atoms with van der Waals surface area (Å²) in [4.78, 5) is 11.7. The lowest BCUT2D eigenvalue weighted by Crippen LogP contribution is -2.44. The lowest BCUT2D eigenvalue weighted by atomic mass is 10.1. The van der Waals surface area contributed by atoms with Crippen molar-refractivity contribution in [3.05, 3.63) is 29.8 Å². The van der Waals surface area contributed by atoms with Crippen LogP contribution in [0.25, 0.3) is 6.08 Å². The molecule has 0 bridgehead atoms. The van der Waals surface area contributed by atoms with E-state index in [1.165, 1.54) is 0 Å². The Morgan fingerprint density at radius 2 is 2.05 bits per heavy atom. The van der Waals surface area contributed by atoms with Crippen molar-refractivity contribution < 1.29 is 14.3 Å². The summed E-state index contributed by atoms with van der Waals surface area (Å²) in [7, 11) is 1.56. The number of nitrogens with one attached hydrogen (secondary N) is 1. The lowest BCUT2D eigenvalue weighted by molar-refractivity contribution is -0.129. The van der Waals surface area contributed by atoms with Crippen LogP contribution in [-0.2, 0) is 4.79 Å². The van der Waals surface area contributed by atoms with Gasteiger partial charge in [0.2, 0.25) is 0 Å². The molecule has 0 saturated heterocycles. The van der Waals surface area contributed by atoms with Crippen molar-refractivity contribution in [3.63, 3.8) is 0 Å². The van der Waals surface area contributed by atoms with Crippen LogP contribution in [0.5, 0.6) is 11.5 Å². The standard InChI is InChI=1S/C15H22N2O3/c1-5-6-11-7-8-12(13(9-11)19-4)20-14(10(2)3)15(18)17-16/h5-10,14H,16H2,1-4H3,(H,17,18). The molecule has 0 aliphatic rings.